The monoisotopic (exact) mass is 326 g/mol. The van der Waals surface area contributed by atoms with E-state index in [9.17, 15) is 18.8 Å². The Labute approximate surface area is 134 Å². The van der Waals surface area contributed by atoms with E-state index in [0.29, 0.717) is 10.8 Å². The van der Waals surface area contributed by atoms with Crippen LogP contribution in [-0.4, -0.2) is 22.0 Å². The van der Waals surface area contributed by atoms with Gasteiger partial charge < -0.3 is 0 Å². The second-order valence-corrected chi connectivity index (χ2v) is 4.86. The van der Waals surface area contributed by atoms with Gasteiger partial charge in [-0.2, -0.15) is 5.10 Å². The predicted octanol–water partition coefficient (Wildman–Crippen LogP) is 1.14. The molecule has 7 nitrogen and oxygen atoms in total. The molecule has 1 heterocycles. The molecule has 0 unspecified atom stereocenters. The summed E-state index contributed by atoms with van der Waals surface area (Å²) in [5, 5.41) is 6.61. The lowest BCUT2D eigenvalue weighted by Gasteiger charge is -2.08. The van der Waals surface area contributed by atoms with Gasteiger partial charge in [-0.25, -0.2) is 9.49 Å². The lowest BCUT2D eigenvalue weighted by atomic mass is 10.1. The molecule has 0 fully saturated rings. The van der Waals surface area contributed by atoms with Gasteiger partial charge >= 0.3 is 0 Å². The number of hydrazine groups is 1. The number of aromatic nitrogens is 2. The third-order valence-electron chi connectivity index (χ3n) is 3.31. The zero-order valence-corrected chi connectivity index (χ0v) is 12.2. The van der Waals surface area contributed by atoms with Crippen molar-refractivity contribution in [1.82, 2.24) is 21.0 Å². The summed E-state index contributed by atoms with van der Waals surface area (Å²) >= 11 is 0. The quantitative estimate of drug-likeness (QED) is 0.614. The van der Waals surface area contributed by atoms with Crippen molar-refractivity contribution in [2.75, 3.05) is 0 Å². The summed E-state index contributed by atoms with van der Waals surface area (Å²) in [5.74, 6) is -1.78. The van der Waals surface area contributed by atoms with E-state index in [4.69, 9.17) is 0 Å². The molecule has 0 radical (unpaired) electrons. The van der Waals surface area contributed by atoms with Crippen LogP contribution in [0, 0.1) is 5.82 Å². The van der Waals surface area contributed by atoms with Crippen molar-refractivity contribution in [3.8, 4) is 0 Å². The number of halogens is 1. The van der Waals surface area contributed by atoms with Crippen LogP contribution in [0.3, 0.4) is 0 Å². The molecule has 24 heavy (non-hydrogen) atoms. The van der Waals surface area contributed by atoms with Crippen LogP contribution in [0.2, 0.25) is 0 Å². The molecule has 3 aromatic rings. The molecule has 2 aromatic carbocycles. The standard InChI is InChI=1S/C16H11FN4O3/c17-10-7-5-9(6-8-10)14(22)19-21-16(24)13-11-3-1-2-4-12(11)15(23)20-18-13/h1-8H,(H,19,22)(H,20,23)(H,21,24). The minimum atomic E-state index is -0.696. The van der Waals surface area contributed by atoms with Crippen LogP contribution in [0.15, 0.2) is 53.3 Å². The highest BCUT2D eigenvalue weighted by molar-refractivity contribution is 6.05. The topological polar surface area (TPSA) is 104 Å². The molecule has 120 valence electrons. The summed E-state index contributed by atoms with van der Waals surface area (Å²) in [6, 6.07) is 11.3. The first-order valence-electron chi connectivity index (χ1n) is 6.90. The van der Waals surface area contributed by atoms with Gasteiger partial charge in [0.05, 0.1) is 5.39 Å². The summed E-state index contributed by atoms with van der Waals surface area (Å²) in [4.78, 5) is 35.8. The summed E-state index contributed by atoms with van der Waals surface area (Å²) in [7, 11) is 0. The van der Waals surface area contributed by atoms with Crippen LogP contribution in [0.5, 0.6) is 0 Å². The smallest absolute Gasteiger partial charge is 0.267 e. The van der Waals surface area contributed by atoms with Gasteiger partial charge in [0.25, 0.3) is 17.4 Å². The number of benzene rings is 2. The fourth-order valence-corrected chi connectivity index (χ4v) is 2.13. The Kier molecular flexibility index (Phi) is 4.02. The molecular weight excluding hydrogens is 315 g/mol. The number of amides is 2. The fraction of sp³-hybridized carbons (Fsp3) is 0. The average molecular weight is 326 g/mol. The highest BCUT2D eigenvalue weighted by Crippen LogP contribution is 2.11. The summed E-state index contributed by atoms with van der Waals surface area (Å²) in [6.07, 6.45) is 0. The van der Waals surface area contributed by atoms with Crippen molar-refractivity contribution in [2.45, 2.75) is 0 Å². The number of hydrogen-bond acceptors (Lipinski definition) is 4. The maximum absolute atomic E-state index is 12.8. The summed E-state index contributed by atoms with van der Waals surface area (Å²) < 4.78 is 12.8. The van der Waals surface area contributed by atoms with E-state index in [1.807, 2.05) is 0 Å². The third kappa shape index (κ3) is 2.98. The van der Waals surface area contributed by atoms with E-state index in [-0.39, 0.29) is 11.3 Å². The van der Waals surface area contributed by atoms with Crippen molar-refractivity contribution in [3.63, 3.8) is 0 Å². The van der Waals surface area contributed by atoms with Crippen molar-refractivity contribution in [1.29, 1.82) is 0 Å². The maximum Gasteiger partial charge on any atom is 0.290 e. The molecule has 0 aliphatic carbocycles. The molecule has 0 saturated heterocycles. The van der Waals surface area contributed by atoms with Gasteiger partial charge in [0.1, 0.15) is 5.82 Å². The Morgan fingerprint density at radius 1 is 0.917 bits per heavy atom. The number of rotatable bonds is 2. The Bertz CT molecular complexity index is 983. The lowest BCUT2D eigenvalue weighted by Crippen LogP contribution is -2.42. The van der Waals surface area contributed by atoms with E-state index in [1.165, 1.54) is 12.1 Å². The van der Waals surface area contributed by atoms with Gasteiger partial charge in [-0.1, -0.05) is 18.2 Å². The van der Waals surface area contributed by atoms with Gasteiger partial charge in [0.2, 0.25) is 0 Å². The lowest BCUT2D eigenvalue weighted by molar-refractivity contribution is 0.0844. The Morgan fingerprint density at radius 2 is 1.54 bits per heavy atom. The van der Waals surface area contributed by atoms with E-state index >= 15 is 0 Å². The number of nitrogens with one attached hydrogen (secondary N) is 3. The molecule has 3 rings (SSSR count). The Morgan fingerprint density at radius 3 is 2.25 bits per heavy atom. The first-order valence-corrected chi connectivity index (χ1v) is 6.90. The SMILES string of the molecule is O=C(NNC(=O)c1n[nH]c(=O)c2ccccc12)c1ccc(F)cc1. The predicted molar refractivity (Wildman–Crippen MR) is 83.7 cm³/mol. The molecule has 0 bridgehead atoms. The van der Waals surface area contributed by atoms with E-state index in [1.54, 1.807) is 24.3 Å². The van der Waals surface area contributed by atoms with E-state index in [2.05, 4.69) is 21.0 Å². The number of fused-ring (bicyclic) bond motifs is 1. The number of carbonyl (C=O) groups is 2. The van der Waals surface area contributed by atoms with Crippen LogP contribution in [0.1, 0.15) is 20.8 Å². The van der Waals surface area contributed by atoms with Gasteiger partial charge in [0, 0.05) is 10.9 Å². The first-order chi connectivity index (χ1) is 11.6. The Balaban J connectivity index is 1.78. The molecule has 0 spiro atoms. The maximum atomic E-state index is 12.8. The second-order valence-electron chi connectivity index (χ2n) is 4.86. The molecule has 2 amide bonds. The zero-order valence-electron chi connectivity index (χ0n) is 12.2. The molecule has 0 aliphatic rings. The van der Waals surface area contributed by atoms with Crippen LogP contribution in [-0.2, 0) is 0 Å². The highest BCUT2D eigenvalue weighted by atomic mass is 19.1. The van der Waals surface area contributed by atoms with Crippen LogP contribution >= 0.6 is 0 Å². The van der Waals surface area contributed by atoms with Crippen molar-refractivity contribution < 1.29 is 14.0 Å². The largest absolute Gasteiger partial charge is 0.290 e. The molecule has 0 saturated carbocycles. The first kappa shape index (κ1) is 15.3. The van der Waals surface area contributed by atoms with Crippen molar-refractivity contribution in [2.24, 2.45) is 0 Å². The molecule has 3 N–H and O–H groups in total. The van der Waals surface area contributed by atoms with Gasteiger partial charge in [0.15, 0.2) is 5.69 Å². The molecular formula is C16H11FN4O3. The fourth-order valence-electron chi connectivity index (χ4n) is 2.13. The number of nitrogens with zero attached hydrogens (tertiary/aromatic N) is 1. The van der Waals surface area contributed by atoms with Crippen molar-refractivity contribution in [3.05, 3.63) is 76.0 Å². The molecule has 1 aromatic heterocycles. The normalized spacial score (nSPS) is 10.4. The Hall–Kier alpha value is -3.55. The number of H-pyrrole nitrogens is 1. The van der Waals surface area contributed by atoms with Gasteiger partial charge in [-0.15, -0.1) is 0 Å². The minimum absolute atomic E-state index is 0.0374. The zero-order chi connectivity index (χ0) is 17.1. The molecule has 0 atom stereocenters. The van der Waals surface area contributed by atoms with E-state index < -0.39 is 23.2 Å². The van der Waals surface area contributed by atoms with Crippen LogP contribution < -0.4 is 16.4 Å². The highest BCUT2D eigenvalue weighted by Gasteiger charge is 2.15. The molecule has 8 heteroatoms. The second kappa shape index (κ2) is 6.29. The van der Waals surface area contributed by atoms with Crippen LogP contribution in [0.4, 0.5) is 4.39 Å². The number of hydrogen-bond donors (Lipinski definition) is 3. The van der Waals surface area contributed by atoms with Gasteiger partial charge in [-0.3, -0.25) is 25.2 Å². The summed E-state index contributed by atoms with van der Waals surface area (Å²) in [5.41, 5.74) is 4.13. The minimum Gasteiger partial charge on any atom is -0.267 e. The van der Waals surface area contributed by atoms with Gasteiger partial charge in [-0.05, 0) is 30.3 Å². The summed E-state index contributed by atoms with van der Waals surface area (Å²) in [6.45, 7) is 0. The number of aromatic amines is 1. The third-order valence-corrected chi connectivity index (χ3v) is 3.31. The van der Waals surface area contributed by atoms with Crippen molar-refractivity contribution >= 4 is 22.6 Å². The van der Waals surface area contributed by atoms with Crippen LogP contribution in [0.25, 0.3) is 10.8 Å². The van der Waals surface area contributed by atoms with E-state index in [0.717, 1.165) is 12.1 Å². The number of carbonyl (C=O) groups excluding carboxylic acids is 2. The molecule has 0 aliphatic heterocycles. The average Bonchev–Trinajstić information content (AvgIpc) is 2.60.